The second kappa shape index (κ2) is 19.5. The van der Waals surface area contributed by atoms with Crippen LogP contribution in [0.4, 0.5) is 4.79 Å². The molecule has 0 unspecified atom stereocenters. The van der Waals surface area contributed by atoms with Crippen molar-refractivity contribution in [2.75, 3.05) is 32.8 Å². The molecule has 3 saturated heterocycles. The molecular formula is C50H60N2O9S. The number of nitrogens with zero attached hydrogens (tertiary/aromatic N) is 2. The first-order chi connectivity index (χ1) is 29.7. The van der Waals surface area contributed by atoms with E-state index in [0.717, 1.165) is 33.6 Å². The van der Waals surface area contributed by atoms with Gasteiger partial charge in [0.05, 0.1) is 17.5 Å². The smallest absolute Gasteiger partial charge is 0.410 e. The van der Waals surface area contributed by atoms with Crippen LogP contribution < -0.4 is 9.47 Å². The summed E-state index contributed by atoms with van der Waals surface area (Å²) < 4.78 is 55.6. The molecule has 4 aromatic rings. The molecule has 7 rings (SSSR count). The van der Waals surface area contributed by atoms with Crippen molar-refractivity contribution in [3.8, 4) is 17.2 Å². The fourth-order valence-corrected chi connectivity index (χ4v) is 11.3. The maximum atomic E-state index is 14.2. The van der Waals surface area contributed by atoms with Gasteiger partial charge in [-0.05, 0) is 105 Å². The minimum atomic E-state index is -3.65. The number of sulfonamides is 1. The molecule has 12 heteroatoms. The molecule has 62 heavy (non-hydrogen) atoms. The van der Waals surface area contributed by atoms with Crippen molar-refractivity contribution in [3.63, 3.8) is 0 Å². The average Bonchev–Trinajstić information content (AvgIpc) is 3.26. The standard InChI is InChI=1S/C50H60N2O9S/c1-34(2)41-18-16-36(5)28-45(41)60-39-17-19-44(58-33-47(53)54)42(30-39)48-43(35(3)4)31-50(46(61-48)29-37-12-8-6-9-13-37)22-26-52(27-23-50)62(56,57)40-20-24-51(25-21-40)49(55)59-32-38-14-10-7-11-15-38/h6-19,28,30,34,40,43,46,48H,3,20-27,29,31-33H2,1-2,4-5H3,(H,53,54)/t43-,46+,48-/m0/s1. The molecule has 11 nitrogen and oxygen atoms in total. The number of aryl methyl sites for hydroxylation is 1. The molecule has 3 atom stereocenters. The zero-order chi connectivity index (χ0) is 44.0. The van der Waals surface area contributed by atoms with E-state index in [-0.39, 0.29) is 30.0 Å². The number of hydrogen-bond acceptors (Lipinski definition) is 8. The summed E-state index contributed by atoms with van der Waals surface area (Å²) in [5, 5.41) is 9.05. The van der Waals surface area contributed by atoms with E-state index in [9.17, 15) is 23.1 Å². The predicted octanol–water partition coefficient (Wildman–Crippen LogP) is 9.85. The molecule has 3 heterocycles. The third-order valence-corrected chi connectivity index (χ3v) is 15.3. The fourth-order valence-electron chi connectivity index (χ4n) is 9.40. The second-order valence-electron chi connectivity index (χ2n) is 17.6. The summed E-state index contributed by atoms with van der Waals surface area (Å²) in [4.78, 5) is 26.2. The first kappa shape index (κ1) is 44.9. The highest BCUT2D eigenvalue weighted by atomic mass is 32.2. The lowest BCUT2D eigenvalue weighted by atomic mass is 9.63. The van der Waals surface area contributed by atoms with Gasteiger partial charge in [-0.2, -0.15) is 0 Å². The lowest BCUT2D eigenvalue weighted by molar-refractivity contribution is -0.166. The summed E-state index contributed by atoms with van der Waals surface area (Å²) in [5.74, 6) is 0.670. The summed E-state index contributed by atoms with van der Waals surface area (Å²) in [7, 11) is -3.65. The first-order valence-electron chi connectivity index (χ1n) is 21.8. The lowest BCUT2D eigenvalue weighted by Crippen LogP contribution is -2.55. The van der Waals surface area contributed by atoms with E-state index in [1.54, 1.807) is 21.3 Å². The monoisotopic (exact) mass is 864 g/mol. The molecule has 3 fully saturated rings. The molecule has 0 saturated carbocycles. The maximum Gasteiger partial charge on any atom is 0.410 e. The zero-order valence-electron chi connectivity index (χ0n) is 36.3. The van der Waals surface area contributed by atoms with E-state index in [2.05, 4.69) is 44.7 Å². The SMILES string of the molecule is C=C(C)[C@@H]1CC2(CCN(S(=O)(=O)C3CCN(C(=O)OCc4ccccc4)CC3)CC2)[C@@H](Cc2ccccc2)O[C@H]1c1cc(Oc2cc(C)ccc2C(C)C)ccc1OCC(=O)O. The number of amides is 1. The lowest BCUT2D eigenvalue weighted by Gasteiger charge is -2.54. The van der Waals surface area contributed by atoms with Crippen LogP contribution in [0.1, 0.15) is 92.7 Å². The predicted molar refractivity (Wildman–Crippen MR) is 239 cm³/mol. The Kier molecular flexibility index (Phi) is 14.1. The zero-order valence-corrected chi connectivity index (χ0v) is 37.1. The minimum absolute atomic E-state index is 0.170. The normalized spacial score (nSPS) is 20.8. The summed E-state index contributed by atoms with van der Waals surface area (Å²) in [6.45, 7) is 13.7. The number of ether oxygens (including phenoxy) is 4. The van der Waals surface area contributed by atoms with Crippen LogP contribution >= 0.6 is 0 Å². The van der Waals surface area contributed by atoms with Crippen LogP contribution in [-0.2, 0) is 37.3 Å². The molecule has 1 amide bonds. The van der Waals surface area contributed by atoms with E-state index in [0.29, 0.717) is 81.8 Å². The Hall–Kier alpha value is -5.17. The molecule has 0 radical (unpaired) electrons. The van der Waals surface area contributed by atoms with Gasteiger partial charge in [0, 0.05) is 43.1 Å². The van der Waals surface area contributed by atoms with Crippen molar-refractivity contribution in [3.05, 3.63) is 137 Å². The third-order valence-electron chi connectivity index (χ3n) is 12.9. The van der Waals surface area contributed by atoms with Gasteiger partial charge >= 0.3 is 12.1 Å². The summed E-state index contributed by atoms with van der Waals surface area (Å²) in [6, 6.07) is 31.3. The van der Waals surface area contributed by atoms with Crippen molar-refractivity contribution in [2.45, 2.75) is 96.2 Å². The summed E-state index contributed by atoms with van der Waals surface area (Å²) >= 11 is 0. The van der Waals surface area contributed by atoms with E-state index < -0.39 is 40.0 Å². The number of rotatable bonds is 14. The largest absolute Gasteiger partial charge is 0.482 e. The number of carboxylic acid groups (broad SMARTS) is 1. The van der Waals surface area contributed by atoms with Crippen molar-refractivity contribution in [2.24, 2.45) is 11.3 Å². The quantitative estimate of drug-likeness (QED) is 0.123. The molecule has 4 aromatic carbocycles. The number of likely N-dealkylation sites (tertiary alicyclic amines) is 1. The molecule has 0 aromatic heterocycles. The fraction of sp³-hybridized carbons (Fsp3) is 0.440. The highest BCUT2D eigenvalue weighted by Gasteiger charge is 2.52. The Balaban J connectivity index is 1.12. The number of hydrogen-bond donors (Lipinski definition) is 1. The van der Waals surface area contributed by atoms with Gasteiger partial charge in [-0.15, -0.1) is 0 Å². The van der Waals surface area contributed by atoms with Crippen LogP contribution in [0.3, 0.4) is 0 Å². The topological polar surface area (TPSA) is 132 Å². The molecule has 330 valence electrons. The van der Waals surface area contributed by atoms with Gasteiger partial charge in [0.25, 0.3) is 0 Å². The number of aliphatic carboxylic acids is 1. The molecule has 1 spiro atoms. The summed E-state index contributed by atoms with van der Waals surface area (Å²) in [5.41, 5.74) is 5.35. The van der Waals surface area contributed by atoms with Gasteiger partial charge in [-0.25, -0.2) is 22.3 Å². The number of carboxylic acids is 1. The van der Waals surface area contributed by atoms with Crippen LogP contribution in [0, 0.1) is 18.3 Å². The van der Waals surface area contributed by atoms with Crippen molar-refractivity contribution in [1.29, 1.82) is 0 Å². The van der Waals surface area contributed by atoms with Crippen LogP contribution in [0.25, 0.3) is 0 Å². The van der Waals surface area contributed by atoms with Gasteiger partial charge < -0.3 is 29.0 Å². The Bertz CT molecular complexity index is 2300. The van der Waals surface area contributed by atoms with Crippen LogP contribution in [0.2, 0.25) is 0 Å². The van der Waals surface area contributed by atoms with Crippen molar-refractivity contribution in [1.82, 2.24) is 9.21 Å². The molecule has 3 aliphatic heterocycles. The van der Waals surface area contributed by atoms with Crippen molar-refractivity contribution >= 4 is 22.1 Å². The number of piperidine rings is 2. The van der Waals surface area contributed by atoms with Gasteiger partial charge in [0.1, 0.15) is 23.9 Å². The molecule has 0 aliphatic carbocycles. The van der Waals surface area contributed by atoms with E-state index in [1.807, 2.05) is 74.5 Å². The highest BCUT2D eigenvalue weighted by Crippen LogP contribution is 2.55. The van der Waals surface area contributed by atoms with Crippen LogP contribution in [0.15, 0.2) is 109 Å². The Morgan fingerprint density at radius 3 is 2.18 bits per heavy atom. The Morgan fingerprint density at radius 2 is 1.55 bits per heavy atom. The molecular weight excluding hydrogens is 805 g/mol. The second-order valence-corrected chi connectivity index (χ2v) is 19.8. The maximum absolute atomic E-state index is 14.2. The van der Waals surface area contributed by atoms with Gasteiger partial charge in [0.2, 0.25) is 10.0 Å². The van der Waals surface area contributed by atoms with Gasteiger partial charge in [-0.3, -0.25) is 0 Å². The highest BCUT2D eigenvalue weighted by molar-refractivity contribution is 7.89. The molecule has 3 aliphatic rings. The van der Waals surface area contributed by atoms with Gasteiger partial charge in [0.15, 0.2) is 6.61 Å². The Labute approximate surface area is 366 Å². The number of benzene rings is 4. The third kappa shape index (κ3) is 10.4. The molecule has 1 N–H and O–H groups in total. The average molecular weight is 865 g/mol. The summed E-state index contributed by atoms with van der Waals surface area (Å²) in [6.07, 6.45) is 1.92. The van der Waals surface area contributed by atoms with Gasteiger partial charge in [-0.1, -0.05) is 98.8 Å². The van der Waals surface area contributed by atoms with Crippen molar-refractivity contribution < 1.29 is 42.1 Å². The van der Waals surface area contributed by atoms with Crippen LogP contribution in [0.5, 0.6) is 17.2 Å². The minimum Gasteiger partial charge on any atom is -0.482 e. The van der Waals surface area contributed by atoms with E-state index in [1.165, 1.54) is 0 Å². The molecule has 0 bridgehead atoms. The van der Waals surface area contributed by atoms with E-state index >= 15 is 0 Å². The Morgan fingerprint density at radius 1 is 0.887 bits per heavy atom. The number of carbonyl (C=O) groups is 2. The number of carbonyl (C=O) groups excluding carboxylic acids is 1. The first-order valence-corrected chi connectivity index (χ1v) is 23.3. The van der Waals surface area contributed by atoms with Crippen LogP contribution in [-0.4, -0.2) is 78.9 Å². The van der Waals surface area contributed by atoms with E-state index in [4.69, 9.17) is 18.9 Å².